The van der Waals surface area contributed by atoms with Crippen LogP contribution in [0.3, 0.4) is 0 Å². The molecule has 1 aromatic rings. The topological polar surface area (TPSA) is 50.1 Å². The molecule has 0 spiro atoms. The summed E-state index contributed by atoms with van der Waals surface area (Å²) in [6, 6.07) is 1.84. The molecule has 1 heterocycles. The number of hydrogen-bond acceptors (Lipinski definition) is 3. The van der Waals surface area contributed by atoms with Crippen LogP contribution in [0.15, 0.2) is 12.3 Å². The second-order valence-electron chi connectivity index (χ2n) is 5.25. The number of aryl methyl sites for hydroxylation is 1. The molecule has 0 aliphatic rings. The minimum Gasteiger partial charge on any atom is -0.382 e. The molecule has 4 nitrogen and oxygen atoms in total. The van der Waals surface area contributed by atoms with Gasteiger partial charge in [-0.25, -0.2) is 0 Å². The first-order chi connectivity index (χ1) is 6.71. The molecule has 4 heteroatoms. The summed E-state index contributed by atoms with van der Waals surface area (Å²) in [5, 5.41) is 17.7. The molecule has 0 aliphatic carbocycles. The molecular weight excluding hydrogens is 190 g/mol. The van der Waals surface area contributed by atoms with Gasteiger partial charge in [-0.15, -0.1) is 0 Å². The molecule has 0 aromatic carbocycles. The Hall–Kier alpha value is -0.870. The van der Waals surface area contributed by atoms with Crippen LogP contribution >= 0.6 is 0 Å². The van der Waals surface area contributed by atoms with Crippen molar-refractivity contribution in [3.63, 3.8) is 0 Å². The number of β-amino-alcohol motifs (C(OH)–C–C–N with tert-alkyl or cyclic N) is 1. The molecule has 0 bridgehead atoms. The van der Waals surface area contributed by atoms with Crippen LogP contribution in [-0.2, 0) is 12.6 Å². The highest BCUT2D eigenvalue weighted by molar-refractivity contribution is 5.10. The van der Waals surface area contributed by atoms with E-state index in [1.165, 1.54) is 0 Å². The highest BCUT2D eigenvalue weighted by atomic mass is 16.3. The van der Waals surface area contributed by atoms with Gasteiger partial charge in [0.05, 0.1) is 5.69 Å². The molecule has 0 fully saturated rings. The quantitative estimate of drug-likeness (QED) is 0.784. The summed E-state index contributed by atoms with van der Waals surface area (Å²) in [7, 11) is 1.84. The molecule has 1 rings (SSSR count). The third-order valence-electron chi connectivity index (χ3n) is 2.23. The van der Waals surface area contributed by atoms with E-state index in [9.17, 15) is 5.11 Å². The lowest BCUT2D eigenvalue weighted by molar-refractivity contribution is 0.0453. The van der Waals surface area contributed by atoms with Gasteiger partial charge in [-0.1, -0.05) is 0 Å². The number of aromatic nitrogens is 2. The van der Waals surface area contributed by atoms with Gasteiger partial charge in [0, 0.05) is 25.3 Å². The summed E-state index contributed by atoms with van der Waals surface area (Å²) in [4.78, 5) is 0. The van der Waals surface area contributed by atoms with E-state index in [-0.39, 0.29) is 5.54 Å². The molecule has 1 atom stereocenters. The highest BCUT2D eigenvalue weighted by Crippen LogP contribution is 2.18. The van der Waals surface area contributed by atoms with Gasteiger partial charge in [0.15, 0.2) is 0 Å². The first-order valence-corrected chi connectivity index (χ1v) is 5.18. The Labute approximate surface area is 91.3 Å². The number of nitrogens with one attached hydrogen (secondary N) is 1. The van der Waals surface area contributed by atoms with Crippen molar-refractivity contribution in [2.45, 2.75) is 38.8 Å². The van der Waals surface area contributed by atoms with Gasteiger partial charge in [0.2, 0.25) is 0 Å². The van der Waals surface area contributed by atoms with Crippen molar-refractivity contribution in [2.75, 3.05) is 6.54 Å². The van der Waals surface area contributed by atoms with Crippen LogP contribution in [0.25, 0.3) is 0 Å². The number of nitrogens with zero attached hydrogens (tertiary/aromatic N) is 2. The third kappa shape index (κ3) is 3.64. The van der Waals surface area contributed by atoms with Crippen molar-refractivity contribution in [3.05, 3.63) is 18.0 Å². The van der Waals surface area contributed by atoms with Crippen LogP contribution in [0, 0.1) is 0 Å². The predicted octanol–water partition coefficient (Wildman–Crippen LogP) is 1.02. The number of hydrogen-bond donors (Lipinski definition) is 2. The molecule has 0 radical (unpaired) electrons. The second kappa shape index (κ2) is 3.94. The van der Waals surface area contributed by atoms with Gasteiger partial charge in [0.1, 0.15) is 5.60 Å². The second-order valence-corrected chi connectivity index (χ2v) is 5.25. The SMILES string of the molecule is Cn1ccc(C(C)(O)CNC(C)(C)C)n1. The van der Waals surface area contributed by atoms with Gasteiger partial charge in [-0.05, 0) is 33.8 Å². The number of aliphatic hydroxyl groups is 1. The van der Waals surface area contributed by atoms with Crippen LogP contribution in [-0.4, -0.2) is 27.0 Å². The summed E-state index contributed by atoms with van der Waals surface area (Å²) in [6.45, 7) is 8.48. The smallest absolute Gasteiger partial charge is 0.118 e. The normalized spacial score (nSPS) is 16.4. The molecule has 0 aliphatic heterocycles. The fourth-order valence-electron chi connectivity index (χ4n) is 1.23. The van der Waals surface area contributed by atoms with E-state index in [4.69, 9.17) is 0 Å². The monoisotopic (exact) mass is 211 g/mol. The molecular formula is C11H21N3O. The highest BCUT2D eigenvalue weighted by Gasteiger charge is 2.27. The molecule has 1 unspecified atom stereocenters. The zero-order valence-electron chi connectivity index (χ0n) is 10.2. The maximum atomic E-state index is 10.2. The van der Waals surface area contributed by atoms with E-state index in [0.29, 0.717) is 12.2 Å². The maximum absolute atomic E-state index is 10.2. The fraction of sp³-hybridized carbons (Fsp3) is 0.727. The van der Waals surface area contributed by atoms with Crippen molar-refractivity contribution in [3.8, 4) is 0 Å². The molecule has 15 heavy (non-hydrogen) atoms. The molecule has 2 N–H and O–H groups in total. The fourth-order valence-corrected chi connectivity index (χ4v) is 1.23. The summed E-state index contributed by atoms with van der Waals surface area (Å²) in [6.07, 6.45) is 1.83. The molecule has 1 aromatic heterocycles. The van der Waals surface area contributed by atoms with Crippen LogP contribution in [0.2, 0.25) is 0 Å². The van der Waals surface area contributed by atoms with E-state index in [2.05, 4.69) is 31.2 Å². The van der Waals surface area contributed by atoms with Crippen LogP contribution in [0.4, 0.5) is 0 Å². The Balaban J connectivity index is 2.67. The Bertz CT molecular complexity index is 323. The van der Waals surface area contributed by atoms with Crippen molar-refractivity contribution < 1.29 is 5.11 Å². The summed E-state index contributed by atoms with van der Waals surface area (Å²) in [5.74, 6) is 0. The lowest BCUT2D eigenvalue weighted by Gasteiger charge is -2.28. The van der Waals surface area contributed by atoms with E-state index in [1.807, 2.05) is 19.3 Å². The molecule has 0 amide bonds. The third-order valence-corrected chi connectivity index (χ3v) is 2.23. The molecule has 0 saturated heterocycles. The van der Waals surface area contributed by atoms with Crippen LogP contribution in [0.5, 0.6) is 0 Å². The Morgan fingerprint density at radius 2 is 2.00 bits per heavy atom. The van der Waals surface area contributed by atoms with Gasteiger partial charge >= 0.3 is 0 Å². The maximum Gasteiger partial charge on any atom is 0.118 e. The van der Waals surface area contributed by atoms with Crippen molar-refractivity contribution in [1.29, 1.82) is 0 Å². The number of rotatable bonds is 3. The van der Waals surface area contributed by atoms with Crippen molar-refractivity contribution in [2.24, 2.45) is 7.05 Å². The van der Waals surface area contributed by atoms with Crippen molar-refractivity contribution >= 4 is 0 Å². The average molecular weight is 211 g/mol. The minimum absolute atomic E-state index is 0.00122. The van der Waals surface area contributed by atoms with E-state index >= 15 is 0 Å². The molecule has 86 valence electrons. The van der Waals surface area contributed by atoms with Gasteiger partial charge < -0.3 is 10.4 Å². The standard InChI is InChI=1S/C11H21N3O/c1-10(2,3)12-8-11(4,15)9-6-7-14(5)13-9/h6-7,12,15H,8H2,1-5H3. The first kappa shape index (κ1) is 12.2. The van der Waals surface area contributed by atoms with E-state index < -0.39 is 5.60 Å². The van der Waals surface area contributed by atoms with E-state index in [1.54, 1.807) is 11.6 Å². The van der Waals surface area contributed by atoms with Crippen molar-refractivity contribution in [1.82, 2.24) is 15.1 Å². The zero-order valence-corrected chi connectivity index (χ0v) is 10.2. The van der Waals surface area contributed by atoms with Crippen LogP contribution in [0.1, 0.15) is 33.4 Å². The minimum atomic E-state index is -0.922. The lowest BCUT2D eigenvalue weighted by atomic mass is 10.0. The lowest BCUT2D eigenvalue weighted by Crippen LogP contribution is -2.45. The average Bonchev–Trinajstić information content (AvgIpc) is 2.48. The Kier molecular flexibility index (Phi) is 3.21. The zero-order chi connectivity index (χ0) is 11.7. The summed E-state index contributed by atoms with van der Waals surface area (Å²) in [5.41, 5.74) is -0.227. The first-order valence-electron chi connectivity index (χ1n) is 5.18. The summed E-state index contributed by atoms with van der Waals surface area (Å²) >= 11 is 0. The Morgan fingerprint density at radius 1 is 1.40 bits per heavy atom. The van der Waals surface area contributed by atoms with Gasteiger partial charge in [-0.3, -0.25) is 4.68 Å². The van der Waals surface area contributed by atoms with Crippen LogP contribution < -0.4 is 5.32 Å². The van der Waals surface area contributed by atoms with E-state index in [0.717, 1.165) is 0 Å². The summed E-state index contributed by atoms with van der Waals surface area (Å²) < 4.78 is 1.70. The van der Waals surface area contributed by atoms with Gasteiger partial charge in [-0.2, -0.15) is 5.10 Å². The Morgan fingerprint density at radius 3 is 2.40 bits per heavy atom. The van der Waals surface area contributed by atoms with Gasteiger partial charge in [0.25, 0.3) is 0 Å². The molecule has 0 saturated carbocycles. The predicted molar refractivity (Wildman–Crippen MR) is 60.5 cm³/mol. The largest absolute Gasteiger partial charge is 0.382 e.